The lowest BCUT2D eigenvalue weighted by molar-refractivity contribution is -0.155. The lowest BCUT2D eigenvalue weighted by Crippen LogP contribution is -2.27. The third-order valence-corrected chi connectivity index (χ3v) is 2.55. The van der Waals surface area contributed by atoms with Gasteiger partial charge in [0.15, 0.2) is 0 Å². The SMILES string of the molecule is Cc1cccc(CNC(=O)CCC(=O)OC(C)(C)C)c1. The highest BCUT2D eigenvalue weighted by molar-refractivity contribution is 5.81. The second kappa shape index (κ2) is 7.08. The first-order valence-corrected chi connectivity index (χ1v) is 6.80. The predicted octanol–water partition coefficient (Wildman–Crippen LogP) is 2.73. The quantitative estimate of drug-likeness (QED) is 0.842. The predicted molar refractivity (Wildman–Crippen MR) is 78.1 cm³/mol. The van der Waals surface area contributed by atoms with Gasteiger partial charge in [0.05, 0.1) is 6.42 Å². The summed E-state index contributed by atoms with van der Waals surface area (Å²) in [6.45, 7) is 7.91. The van der Waals surface area contributed by atoms with Crippen LogP contribution in [0.15, 0.2) is 24.3 Å². The summed E-state index contributed by atoms with van der Waals surface area (Å²) in [6.07, 6.45) is 0.262. The zero-order valence-electron chi connectivity index (χ0n) is 12.7. The minimum absolute atomic E-state index is 0.108. The van der Waals surface area contributed by atoms with Crippen LogP contribution in [-0.2, 0) is 20.9 Å². The molecular formula is C16H23NO3. The van der Waals surface area contributed by atoms with Crippen molar-refractivity contribution in [2.45, 2.75) is 52.7 Å². The van der Waals surface area contributed by atoms with Gasteiger partial charge < -0.3 is 10.1 Å². The Morgan fingerprint density at radius 2 is 1.90 bits per heavy atom. The van der Waals surface area contributed by atoms with Crippen LogP contribution in [-0.4, -0.2) is 17.5 Å². The summed E-state index contributed by atoms with van der Waals surface area (Å²) in [7, 11) is 0. The van der Waals surface area contributed by atoms with Crippen molar-refractivity contribution in [3.05, 3.63) is 35.4 Å². The van der Waals surface area contributed by atoms with Gasteiger partial charge in [-0.3, -0.25) is 9.59 Å². The van der Waals surface area contributed by atoms with Crippen LogP contribution in [0.25, 0.3) is 0 Å². The van der Waals surface area contributed by atoms with Gasteiger partial charge in [-0.25, -0.2) is 0 Å². The first-order valence-electron chi connectivity index (χ1n) is 6.80. The maximum Gasteiger partial charge on any atom is 0.306 e. The van der Waals surface area contributed by atoms with E-state index in [1.807, 2.05) is 52.0 Å². The number of rotatable bonds is 5. The minimum atomic E-state index is -0.505. The van der Waals surface area contributed by atoms with Crippen molar-refractivity contribution in [1.29, 1.82) is 0 Å². The average molecular weight is 277 g/mol. The van der Waals surface area contributed by atoms with Gasteiger partial charge in [0.1, 0.15) is 5.60 Å². The third kappa shape index (κ3) is 6.92. The van der Waals surface area contributed by atoms with Crippen molar-refractivity contribution in [2.75, 3.05) is 0 Å². The molecule has 0 spiro atoms. The molecule has 0 saturated carbocycles. The van der Waals surface area contributed by atoms with Gasteiger partial charge in [-0.2, -0.15) is 0 Å². The number of carbonyl (C=O) groups is 2. The summed E-state index contributed by atoms with van der Waals surface area (Å²) in [6, 6.07) is 7.95. The number of carbonyl (C=O) groups excluding carboxylic acids is 2. The molecule has 0 saturated heterocycles. The van der Waals surface area contributed by atoms with Gasteiger partial charge in [0, 0.05) is 13.0 Å². The van der Waals surface area contributed by atoms with E-state index in [4.69, 9.17) is 4.74 Å². The molecule has 0 aromatic heterocycles. The zero-order chi connectivity index (χ0) is 15.2. The summed E-state index contributed by atoms with van der Waals surface area (Å²) < 4.78 is 5.15. The molecule has 1 rings (SSSR count). The summed E-state index contributed by atoms with van der Waals surface area (Å²) in [4.78, 5) is 23.1. The standard InChI is InChI=1S/C16H23NO3/c1-12-6-5-7-13(10-12)11-17-14(18)8-9-15(19)20-16(2,3)4/h5-7,10H,8-9,11H2,1-4H3,(H,17,18). The summed E-state index contributed by atoms with van der Waals surface area (Å²) >= 11 is 0. The van der Waals surface area contributed by atoms with Crippen molar-refractivity contribution in [1.82, 2.24) is 5.32 Å². The number of aryl methyl sites for hydroxylation is 1. The molecule has 0 unspecified atom stereocenters. The first kappa shape index (κ1) is 16.2. The van der Waals surface area contributed by atoms with E-state index >= 15 is 0 Å². The molecule has 0 atom stereocenters. The highest BCUT2D eigenvalue weighted by atomic mass is 16.6. The van der Waals surface area contributed by atoms with Crippen LogP contribution in [0.2, 0.25) is 0 Å². The van der Waals surface area contributed by atoms with Crippen molar-refractivity contribution >= 4 is 11.9 Å². The minimum Gasteiger partial charge on any atom is -0.460 e. The van der Waals surface area contributed by atoms with E-state index < -0.39 is 5.60 Å². The van der Waals surface area contributed by atoms with Crippen LogP contribution in [0, 0.1) is 6.92 Å². The Hall–Kier alpha value is -1.84. The highest BCUT2D eigenvalue weighted by Crippen LogP contribution is 2.09. The summed E-state index contributed by atoms with van der Waals surface area (Å²) in [5, 5.41) is 2.80. The van der Waals surface area contributed by atoms with Crippen LogP contribution in [0.4, 0.5) is 0 Å². The largest absolute Gasteiger partial charge is 0.460 e. The van der Waals surface area contributed by atoms with Gasteiger partial charge in [-0.15, -0.1) is 0 Å². The molecule has 0 aliphatic rings. The van der Waals surface area contributed by atoms with Crippen molar-refractivity contribution < 1.29 is 14.3 Å². The smallest absolute Gasteiger partial charge is 0.306 e. The molecule has 0 heterocycles. The maximum absolute atomic E-state index is 11.7. The molecule has 0 aliphatic heterocycles. The van der Waals surface area contributed by atoms with E-state index in [1.165, 1.54) is 0 Å². The Balaban J connectivity index is 2.29. The van der Waals surface area contributed by atoms with Crippen LogP contribution >= 0.6 is 0 Å². The van der Waals surface area contributed by atoms with E-state index in [0.717, 1.165) is 11.1 Å². The van der Waals surface area contributed by atoms with Gasteiger partial charge in [0.25, 0.3) is 0 Å². The van der Waals surface area contributed by atoms with E-state index in [0.29, 0.717) is 6.54 Å². The van der Waals surface area contributed by atoms with Crippen LogP contribution in [0.3, 0.4) is 0 Å². The van der Waals surface area contributed by atoms with E-state index in [9.17, 15) is 9.59 Å². The van der Waals surface area contributed by atoms with Crippen LogP contribution in [0.1, 0.15) is 44.7 Å². The topological polar surface area (TPSA) is 55.4 Å². The van der Waals surface area contributed by atoms with Crippen LogP contribution < -0.4 is 5.32 Å². The molecular weight excluding hydrogens is 254 g/mol. The molecule has 0 aliphatic carbocycles. The second-order valence-electron chi connectivity index (χ2n) is 5.85. The maximum atomic E-state index is 11.7. The van der Waals surface area contributed by atoms with Crippen molar-refractivity contribution in [3.8, 4) is 0 Å². The number of nitrogens with one attached hydrogen (secondary N) is 1. The van der Waals surface area contributed by atoms with Gasteiger partial charge >= 0.3 is 5.97 Å². The molecule has 0 fully saturated rings. The van der Waals surface area contributed by atoms with Crippen molar-refractivity contribution in [3.63, 3.8) is 0 Å². The third-order valence-electron chi connectivity index (χ3n) is 2.55. The fourth-order valence-electron chi connectivity index (χ4n) is 1.72. The lowest BCUT2D eigenvalue weighted by atomic mass is 10.1. The Morgan fingerprint density at radius 3 is 2.50 bits per heavy atom. The average Bonchev–Trinajstić information content (AvgIpc) is 2.32. The molecule has 110 valence electrons. The monoisotopic (exact) mass is 277 g/mol. The van der Waals surface area contributed by atoms with E-state index in [2.05, 4.69) is 5.32 Å². The first-order chi connectivity index (χ1) is 9.26. The van der Waals surface area contributed by atoms with Crippen LogP contribution in [0.5, 0.6) is 0 Å². The summed E-state index contributed by atoms with van der Waals surface area (Å²) in [5.74, 6) is -0.486. The fraction of sp³-hybridized carbons (Fsp3) is 0.500. The van der Waals surface area contributed by atoms with Crippen molar-refractivity contribution in [2.24, 2.45) is 0 Å². The number of ether oxygens (including phenoxy) is 1. The molecule has 0 radical (unpaired) electrons. The number of hydrogen-bond acceptors (Lipinski definition) is 3. The molecule has 1 amide bonds. The Labute approximate surface area is 120 Å². The normalized spacial score (nSPS) is 11.0. The highest BCUT2D eigenvalue weighted by Gasteiger charge is 2.16. The Bertz CT molecular complexity index is 475. The van der Waals surface area contributed by atoms with Gasteiger partial charge in [0.2, 0.25) is 5.91 Å². The molecule has 1 N–H and O–H groups in total. The number of hydrogen-bond donors (Lipinski definition) is 1. The number of benzene rings is 1. The molecule has 4 heteroatoms. The number of esters is 1. The zero-order valence-corrected chi connectivity index (χ0v) is 12.7. The Morgan fingerprint density at radius 1 is 1.20 bits per heavy atom. The number of amides is 1. The lowest BCUT2D eigenvalue weighted by Gasteiger charge is -2.19. The summed E-state index contributed by atoms with van der Waals surface area (Å²) in [5.41, 5.74) is 1.70. The Kier molecular flexibility index (Phi) is 5.74. The second-order valence-corrected chi connectivity index (χ2v) is 5.85. The fourth-order valence-corrected chi connectivity index (χ4v) is 1.72. The molecule has 1 aromatic carbocycles. The van der Waals surface area contributed by atoms with Gasteiger partial charge in [-0.1, -0.05) is 29.8 Å². The molecule has 20 heavy (non-hydrogen) atoms. The molecule has 0 bridgehead atoms. The van der Waals surface area contributed by atoms with Gasteiger partial charge in [-0.05, 0) is 33.3 Å². The molecule has 4 nitrogen and oxygen atoms in total. The molecule has 1 aromatic rings. The van der Waals surface area contributed by atoms with E-state index in [-0.39, 0.29) is 24.7 Å². The van der Waals surface area contributed by atoms with E-state index in [1.54, 1.807) is 0 Å².